The Balaban J connectivity index is 1.62. The van der Waals surface area contributed by atoms with Gasteiger partial charge in [-0.25, -0.2) is 0 Å². The van der Waals surface area contributed by atoms with Crippen LogP contribution in [0.2, 0.25) is 0 Å². The van der Waals surface area contributed by atoms with Crippen LogP contribution in [0.1, 0.15) is 47.0 Å². The smallest absolute Gasteiger partial charge is 0.224 e. The zero-order chi connectivity index (χ0) is 12.4. The molecule has 0 radical (unpaired) electrons. The van der Waals surface area contributed by atoms with E-state index in [9.17, 15) is 4.79 Å². The average Bonchev–Trinajstić information content (AvgIpc) is 2.77. The summed E-state index contributed by atoms with van der Waals surface area (Å²) in [6.45, 7) is 8.99. The van der Waals surface area contributed by atoms with Gasteiger partial charge < -0.3 is 10.6 Å². The highest BCUT2D eigenvalue weighted by atomic mass is 16.2. The van der Waals surface area contributed by atoms with Crippen molar-refractivity contribution < 1.29 is 4.79 Å². The van der Waals surface area contributed by atoms with Crippen molar-refractivity contribution in [1.82, 2.24) is 10.6 Å². The molecule has 2 bridgehead atoms. The van der Waals surface area contributed by atoms with E-state index in [0.29, 0.717) is 18.1 Å². The van der Waals surface area contributed by atoms with E-state index in [2.05, 4.69) is 38.3 Å². The SMILES string of the molecule is CC1(C)C(NC(=O)C2CC3CCC2N3)C1(C)C. The summed E-state index contributed by atoms with van der Waals surface area (Å²) >= 11 is 0. The van der Waals surface area contributed by atoms with Crippen molar-refractivity contribution in [3.8, 4) is 0 Å². The number of amides is 1. The van der Waals surface area contributed by atoms with Crippen molar-refractivity contribution in [1.29, 1.82) is 0 Å². The molecular formula is C14H24N2O. The van der Waals surface area contributed by atoms with Gasteiger partial charge in [-0.05, 0) is 30.1 Å². The van der Waals surface area contributed by atoms with Crippen molar-refractivity contribution in [2.75, 3.05) is 0 Å². The van der Waals surface area contributed by atoms with E-state index in [4.69, 9.17) is 0 Å². The predicted octanol–water partition coefficient (Wildman–Crippen LogP) is 1.68. The van der Waals surface area contributed by atoms with Crippen LogP contribution in [0.5, 0.6) is 0 Å². The van der Waals surface area contributed by atoms with Crippen LogP contribution in [0.25, 0.3) is 0 Å². The Labute approximate surface area is 104 Å². The molecule has 3 aliphatic rings. The molecule has 3 rings (SSSR count). The van der Waals surface area contributed by atoms with Crippen LogP contribution in [-0.4, -0.2) is 24.0 Å². The van der Waals surface area contributed by atoms with E-state index in [1.54, 1.807) is 0 Å². The number of hydrogen-bond acceptors (Lipinski definition) is 2. The van der Waals surface area contributed by atoms with Gasteiger partial charge in [0.05, 0.1) is 5.92 Å². The molecule has 17 heavy (non-hydrogen) atoms. The maximum atomic E-state index is 12.3. The largest absolute Gasteiger partial charge is 0.352 e. The molecule has 1 aliphatic carbocycles. The summed E-state index contributed by atoms with van der Waals surface area (Å²) in [5, 5.41) is 6.82. The van der Waals surface area contributed by atoms with Gasteiger partial charge in [-0.15, -0.1) is 0 Å². The zero-order valence-electron chi connectivity index (χ0n) is 11.3. The van der Waals surface area contributed by atoms with Crippen LogP contribution in [0.15, 0.2) is 0 Å². The van der Waals surface area contributed by atoms with Crippen molar-refractivity contribution >= 4 is 5.91 Å². The van der Waals surface area contributed by atoms with Gasteiger partial charge in [0.1, 0.15) is 0 Å². The van der Waals surface area contributed by atoms with Gasteiger partial charge in [-0.3, -0.25) is 4.79 Å². The van der Waals surface area contributed by atoms with Gasteiger partial charge in [0.25, 0.3) is 0 Å². The van der Waals surface area contributed by atoms with E-state index in [1.165, 1.54) is 12.8 Å². The maximum absolute atomic E-state index is 12.3. The fraction of sp³-hybridized carbons (Fsp3) is 0.929. The molecule has 96 valence electrons. The minimum Gasteiger partial charge on any atom is -0.352 e. The summed E-state index contributed by atoms with van der Waals surface area (Å²) in [5.74, 6) is 0.509. The normalized spacial score (nSPS) is 41.5. The van der Waals surface area contributed by atoms with E-state index >= 15 is 0 Å². The number of hydrogen-bond donors (Lipinski definition) is 2. The Bertz CT molecular complexity index is 347. The van der Waals surface area contributed by atoms with Gasteiger partial charge in [-0.1, -0.05) is 27.7 Å². The van der Waals surface area contributed by atoms with E-state index in [-0.39, 0.29) is 22.7 Å². The topological polar surface area (TPSA) is 41.1 Å². The third kappa shape index (κ3) is 1.48. The van der Waals surface area contributed by atoms with E-state index in [0.717, 1.165) is 6.42 Å². The Hall–Kier alpha value is -0.570. The lowest BCUT2D eigenvalue weighted by Gasteiger charge is -2.20. The summed E-state index contributed by atoms with van der Waals surface area (Å²) in [6, 6.07) is 1.41. The lowest BCUT2D eigenvalue weighted by atomic mass is 9.88. The molecule has 3 atom stereocenters. The second-order valence-electron chi connectivity index (χ2n) is 7.27. The Kier molecular flexibility index (Phi) is 2.20. The fourth-order valence-electron chi connectivity index (χ4n) is 3.92. The second-order valence-corrected chi connectivity index (χ2v) is 7.27. The standard InChI is InChI=1S/C14H24N2O/c1-13(2)12(14(13,3)4)16-11(17)9-7-8-5-6-10(9)15-8/h8-10,12,15H,5-7H2,1-4H3,(H,16,17). The highest BCUT2D eigenvalue weighted by Crippen LogP contribution is 2.62. The first-order valence-electron chi connectivity index (χ1n) is 6.90. The van der Waals surface area contributed by atoms with Gasteiger partial charge in [0.15, 0.2) is 0 Å². The van der Waals surface area contributed by atoms with Crippen LogP contribution < -0.4 is 10.6 Å². The van der Waals surface area contributed by atoms with Crippen LogP contribution in [0.3, 0.4) is 0 Å². The molecule has 1 saturated carbocycles. The third-order valence-corrected chi connectivity index (χ3v) is 5.94. The first kappa shape index (κ1) is 11.5. The first-order chi connectivity index (χ1) is 7.84. The Morgan fingerprint density at radius 1 is 1.18 bits per heavy atom. The molecule has 0 aromatic rings. The predicted molar refractivity (Wildman–Crippen MR) is 67.5 cm³/mol. The molecule has 0 aromatic heterocycles. The van der Waals surface area contributed by atoms with Gasteiger partial charge in [-0.2, -0.15) is 0 Å². The molecule has 3 fully saturated rings. The molecule has 1 amide bonds. The van der Waals surface area contributed by atoms with Crippen molar-refractivity contribution in [3.05, 3.63) is 0 Å². The minimum atomic E-state index is 0.223. The summed E-state index contributed by atoms with van der Waals surface area (Å²) in [6.07, 6.45) is 3.49. The lowest BCUT2D eigenvalue weighted by molar-refractivity contribution is -0.126. The van der Waals surface area contributed by atoms with E-state index in [1.807, 2.05) is 0 Å². The second kappa shape index (κ2) is 3.25. The molecule has 0 aromatic carbocycles. The molecule has 3 heteroatoms. The molecule has 2 saturated heterocycles. The molecule has 2 N–H and O–H groups in total. The Morgan fingerprint density at radius 3 is 2.24 bits per heavy atom. The van der Waals surface area contributed by atoms with Gasteiger partial charge in [0.2, 0.25) is 5.91 Å². The lowest BCUT2D eigenvalue weighted by Crippen LogP contribution is -2.40. The number of carbonyl (C=O) groups excluding carboxylic acids is 1. The van der Waals surface area contributed by atoms with Gasteiger partial charge >= 0.3 is 0 Å². The van der Waals surface area contributed by atoms with Crippen molar-refractivity contribution in [2.45, 2.75) is 65.1 Å². The molecule has 3 unspecified atom stereocenters. The van der Waals surface area contributed by atoms with Crippen molar-refractivity contribution in [2.24, 2.45) is 16.7 Å². The molecule has 3 nitrogen and oxygen atoms in total. The summed E-state index contributed by atoms with van der Waals surface area (Å²) in [4.78, 5) is 12.3. The zero-order valence-corrected chi connectivity index (χ0v) is 11.3. The number of rotatable bonds is 2. The summed E-state index contributed by atoms with van der Waals surface area (Å²) < 4.78 is 0. The number of nitrogens with one attached hydrogen (secondary N) is 2. The summed E-state index contributed by atoms with van der Waals surface area (Å²) in [5.41, 5.74) is 0.488. The third-order valence-electron chi connectivity index (χ3n) is 5.94. The first-order valence-corrected chi connectivity index (χ1v) is 6.90. The highest BCUT2D eigenvalue weighted by Gasteiger charge is 2.65. The quantitative estimate of drug-likeness (QED) is 0.766. The highest BCUT2D eigenvalue weighted by molar-refractivity contribution is 5.81. The van der Waals surface area contributed by atoms with Crippen LogP contribution >= 0.6 is 0 Å². The van der Waals surface area contributed by atoms with Crippen molar-refractivity contribution in [3.63, 3.8) is 0 Å². The summed E-state index contributed by atoms with van der Waals surface area (Å²) in [7, 11) is 0. The number of fused-ring (bicyclic) bond motifs is 2. The monoisotopic (exact) mass is 236 g/mol. The minimum absolute atomic E-state index is 0.223. The van der Waals surface area contributed by atoms with E-state index < -0.39 is 0 Å². The van der Waals surface area contributed by atoms with Crippen LogP contribution in [-0.2, 0) is 4.79 Å². The molecular weight excluding hydrogens is 212 g/mol. The molecule has 2 heterocycles. The van der Waals surface area contributed by atoms with Crippen LogP contribution in [0.4, 0.5) is 0 Å². The molecule has 2 aliphatic heterocycles. The van der Waals surface area contributed by atoms with Crippen LogP contribution in [0, 0.1) is 16.7 Å². The number of carbonyl (C=O) groups is 1. The fourth-order valence-corrected chi connectivity index (χ4v) is 3.92. The average molecular weight is 236 g/mol. The van der Waals surface area contributed by atoms with Gasteiger partial charge in [0, 0.05) is 18.1 Å². The molecule has 0 spiro atoms. The maximum Gasteiger partial charge on any atom is 0.224 e. The Morgan fingerprint density at radius 2 is 1.82 bits per heavy atom.